The summed E-state index contributed by atoms with van der Waals surface area (Å²) in [7, 11) is 0. The van der Waals surface area contributed by atoms with Crippen LogP contribution < -0.4 is 5.73 Å². The number of rotatable bonds is 3. The molecule has 2 rings (SSSR count). The minimum absolute atomic E-state index is 0.291. The van der Waals surface area contributed by atoms with E-state index in [-0.39, 0.29) is 0 Å². The zero-order valence-corrected chi connectivity index (χ0v) is 9.03. The van der Waals surface area contributed by atoms with E-state index in [9.17, 15) is 8.78 Å². The molecule has 0 saturated heterocycles. The highest BCUT2D eigenvalue weighted by molar-refractivity contribution is 5.21. The maximum Gasteiger partial charge on any atom is 0.132 e. The van der Waals surface area contributed by atoms with E-state index in [1.54, 1.807) is 12.4 Å². The molecule has 88 valence electrons. The average Bonchev–Trinajstić information content (AvgIpc) is 2.28. The maximum absolute atomic E-state index is 13.0. The van der Waals surface area contributed by atoms with Crippen LogP contribution in [0, 0.1) is 11.6 Å². The third-order valence-corrected chi connectivity index (χ3v) is 2.28. The Kier molecular flexibility index (Phi) is 3.39. The van der Waals surface area contributed by atoms with E-state index in [0.29, 0.717) is 24.4 Å². The Bertz CT molecular complexity index is 491. The summed E-state index contributed by atoms with van der Waals surface area (Å²) in [5, 5.41) is 0. The van der Waals surface area contributed by atoms with E-state index in [2.05, 4.69) is 9.97 Å². The molecular formula is C12H11F2N3. The Morgan fingerprint density at radius 2 is 1.53 bits per heavy atom. The Morgan fingerprint density at radius 3 is 2.06 bits per heavy atom. The van der Waals surface area contributed by atoms with Gasteiger partial charge in [0.15, 0.2) is 0 Å². The molecular weight excluding hydrogens is 224 g/mol. The molecule has 3 nitrogen and oxygen atoms in total. The summed E-state index contributed by atoms with van der Waals surface area (Å²) in [4.78, 5) is 8.14. The molecule has 2 aromatic rings. The van der Waals surface area contributed by atoms with Gasteiger partial charge in [0.25, 0.3) is 0 Å². The molecule has 0 unspecified atom stereocenters. The lowest BCUT2D eigenvalue weighted by molar-refractivity contribution is 0.580. The first-order valence-electron chi connectivity index (χ1n) is 5.12. The lowest BCUT2D eigenvalue weighted by Gasteiger charge is -2.02. The fourth-order valence-corrected chi connectivity index (χ4v) is 1.47. The molecule has 1 heterocycles. The van der Waals surface area contributed by atoms with Gasteiger partial charge < -0.3 is 5.73 Å². The van der Waals surface area contributed by atoms with Gasteiger partial charge >= 0.3 is 0 Å². The molecule has 5 heteroatoms. The molecule has 1 aromatic carbocycles. The lowest BCUT2D eigenvalue weighted by atomic mass is 10.1. The van der Waals surface area contributed by atoms with Gasteiger partial charge in [0, 0.05) is 37.0 Å². The second-order valence-corrected chi connectivity index (χ2v) is 3.67. The molecule has 17 heavy (non-hydrogen) atoms. The van der Waals surface area contributed by atoms with Crippen LogP contribution in [0.15, 0.2) is 30.6 Å². The number of benzene rings is 1. The number of hydrogen-bond donors (Lipinski definition) is 1. The third-order valence-electron chi connectivity index (χ3n) is 2.28. The number of nitrogens with two attached hydrogens (primary N) is 1. The first-order chi connectivity index (χ1) is 8.17. The fraction of sp³-hybridized carbons (Fsp3) is 0.167. The molecule has 0 bridgehead atoms. The summed E-state index contributed by atoms with van der Waals surface area (Å²) in [6.07, 6.45) is 3.51. The van der Waals surface area contributed by atoms with Crippen LogP contribution in [0.1, 0.15) is 17.0 Å². The summed E-state index contributed by atoms with van der Waals surface area (Å²) in [6.45, 7) is 0.370. The van der Waals surface area contributed by atoms with Crippen LogP contribution >= 0.6 is 0 Å². The standard InChI is InChI=1S/C12H11F2N3/c13-10-1-8(2-11(14)4-10)3-12-16-6-9(5-15)7-17-12/h1-2,4,6-7H,3,5,15H2. The van der Waals surface area contributed by atoms with Crippen LogP contribution in [0.25, 0.3) is 0 Å². The number of halogens is 2. The number of nitrogens with zero attached hydrogens (tertiary/aromatic N) is 2. The molecule has 0 aliphatic rings. The largest absolute Gasteiger partial charge is 0.326 e. The second-order valence-electron chi connectivity index (χ2n) is 3.67. The maximum atomic E-state index is 13.0. The Morgan fingerprint density at radius 1 is 0.941 bits per heavy atom. The Labute approximate surface area is 97.3 Å². The highest BCUT2D eigenvalue weighted by Gasteiger charge is 2.04. The first kappa shape index (κ1) is 11.6. The van der Waals surface area contributed by atoms with Crippen molar-refractivity contribution in [2.45, 2.75) is 13.0 Å². The van der Waals surface area contributed by atoms with Gasteiger partial charge in [-0.1, -0.05) is 0 Å². The average molecular weight is 235 g/mol. The van der Waals surface area contributed by atoms with Gasteiger partial charge in [-0.25, -0.2) is 18.7 Å². The van der Waals surface area contributed by atoms with Crippen LogP contribution in [0.2, 0.25) is 0 Å². The summed E-state index contributed by atoms with van der Waals surface area (Å²) < 4.78 is 25.9. The van der Waals surface area contributed by atoms with Gasteiger partial charge in [0.2, 0.25) is 0 Å². The summed E-state index contributed by atoms with van der Waals surface area (Å²) in [5.41, 5.74) is 6.73. The Balaban J connectivity index is 2.19. The van der Waals surface area contributed by atoms with Crippen molar-refractivity contribution in [1.82, 2.24) is 9.97 Å². The van der Waals surface area contributed by atoms with Crippen molar-refractivity contribution in [2.24, 2.45) is 5.73 Å². The van der Waals surface area contributed by atoms with Crippen molar-refractivity contribution in [3.8, 4) is 0 Å². The SMILES string of the molecule is NCc1cnc(Cc2cc(F)cc(F)c2)nc1. The molecule has 0 atom stereocenters. The van der Waals surface area contributed by atoms with Gasteiger partial charge in [0.05, 0.1) is 0 Å². The van der Waals surface area contributed by atoms with Gasteiger partial charge in [-0.05, 0) is 17.7 Å². The summed E-state index contributed by atoms with van der Waals surface area (Å²) in [6, 6.07) is 3.37. The van der Waals surface area contributed by atoms with Crippen LogP contribution in [-0.2, 0) is 13.0 Å². The predicted octanol–water partition coefficient (Wildman–Crippen LogP) is 1.80. The number of hydrogen-bond acceptors (Lipinski definition) is 3. The predicted molar refractivity (Wildman–Crippen MR) is 59.1 cm³/mol. The minimum Gasteiger partial charge on any atom is -0.326 e. The zero-order chi connectivity index (χ0) is 12.3. The van der Waals surface area contributed by atoms with Gasteiger partial charge in [-0.3, -0.25) is 0 Å². The van der Waals surface area contributed by atoms with Crippen LogP contribution in [0.4, 0.5) is 8.78 Å². The van der Waals surface area contributed by atoms with E-state index in [4.69, 9.17) is 5.73 Å². The molecule has 0 radical (unpaired) electrons. The van der Waals surface area contributed by atoms with Crippen molar-refractivity contribution in [3.63, 3.8) is 0 Å². The van der Waals surface area contributed by atoms with Gasteiger partial charge in [0.1, 0.15) is 17.5 Å². The third kappa shape index (κ3) is 3.04. The lowest BCUT2D eigenvalue weighted by Crippen LogP contribution is -2.02. The number of aromatic nitrogens is 2. The monoisotopic (exact) mass is 235 g/mol. The molecule has 0 fully saturated rings. The zero-order valence-electron chi connectivity index (χ0n) is 9.03. The van der Waals surface area contributed by atoms with Gasteiger partial charge in [-0.15, -0.1) is 0 Å². The van der Waals surface area contributed by atoms with Crippen LogP contribution in [0.5, 0.6) is 0 Å². The van der Waals surface area contributed by atoms with Crippen molar-refractivity contribution >= 4 is 0 Å². The minimum atomic E-state index is -0.599. The van der Waals surface area contributed by atoms with Crippen LogP contribution in [-0.4, -0.2) is 9.97 Å². The van der Waals surface area contributed by atoms with E-state index < -0.39 is 11.6 Å². The van der Waals surface area contributed by atoms with E-state index in [1.165, 1.54) is 12.1 Å². The molecule has 2 N–H and O–H groups in total. The summed E-state index contributed by atoms with van der Waals surface area (Å²) in [5.74, 6) is -0.690. The van der Waals surface area contributed by atoms with E-state index in [0.717, 1.165) is 11.6 Å². The van der Waals surface area contributed by atoms with Crippen LogP contribution in [0.3, 0.4) is 0 Å². The Hall–Kier alpha value is -1.88. The highest BCUT2D eigenvalue weighted by atomic mass is 19.1. The van der Waals surface area contributed by atoms with Crippen molar-refractivity contribution < 1.29 is 8.78 Å². The molecule has 0 aliphatic heterocycles. The fourth-order valence-electron chi connectivity index (χ4n) is 1.47. The van der Waals surface area contributed by atoms with Crippen molar-refractivity contribution in [2.75, 3.05) is 0 Å². The molecule has 0 amide bonds. The smallest absolute Gasteiger partial charge is 0.132 e. The molecule has 0 spiro atoms. The molecule has 0 aliphatic carbocycles. The van der Waals surface area contributed by atoms with E-state index >= 15 is 0 Å². The molecule has 0 saturated carbocycles. The topological polar surface area (TPSA) is 51.8 Å². The van der Waals surface area contributed by atoms with Crippen molar-refractivity contribution in [3.05, 3.63) is 59.2 Å². The highest BCUT2D eigenvalue weighted by Crippen LogP contribution is 2.11. The normalized spacial score (nSPS) is 10.5. The molecule has 1 aromatic heterocycles. The summed E-state index contributed by atoms with van der Waals surface area (Å²) >= 11 is 0. The first-order valence-corrected chi connectivity index (χ1v) is 5.12. The second kappa shape index (κ2) is 4.97. The quantitative estimate of drug-likeness (QED) is 0.882. The van der Waals surface area contributed by atoms with Crippen molar-refractivity contribution in [1.29, 1.82) is 0 Å². The van der Waals surface area contributed by atoms with Gasteiger partial charge in [-0.2, -0.15) is 0 Å². The van der Waals surface area contributed by atoms with E-state index in [1.807, 2.05) is 0 Å².